The van der Waals surface area contributed by atoms with Crippen molar-refractivity contribution in [3.63, 3.8) is 0 Å². The number of amides is 3. The molecule has 1 heterocycles. The van der Waals surface area contributed by atoms with E-state index in [0.29, 0.717) is 13.1 Å². The first-order valence-corrected chi connectivity index (χ1v) is 5.60. The zero-order valence-electron chi connectivity index (χ0n) is 10.5. The summed E-state index contributed by atoms with van der Waals surface area (Å²) < 4.78 is 0. The summed E-state index contributed by atoms with van der Waals surface area (Å²) in [5.41, 5.74) is 0. The molecule has 8 heteroatoms. The Balaban J connectivity index is 2.56. The van der Waals surface area contributed by atoms with Gasteiger partial charge < -0.3 is 20.6 Å². The molecule has 8 nitrogen and oxygen atoms in total. The molecule has 0 spiro atoms. The average molecular weight is 258 g/mol. The van der Waals surface area contributed by atoms with Gasteiger partial charge in [-0.1, -0.05) is 0 Å². The second-order valence-corrected chi connectivity index (χ2v) is 4.32. The van der Waals surface area contributed by atoms with E-state index in [4.69, 9.17) is 5.11 Å². The minimum absolute atomic E-state index is 0.0603. The minimum atomic E-state index is -1.13. The summed E-state index contributed by atoms with van der Waals surface area (Å²) in [5.74, 6) is -1.48. The van der Waals surface area contributed by atoms with Crippen LogP contribution in [-0.2, 0) is 9.59 Å². The van der Waals surface area contributed by atoms with Gasteiger partial charge >= 0.3 is 12.0 Å². The van der Waals surface area contributed by atoms with E-state index in [1.54, 1.807) is 0 Å². The van der Waals surface area contributed by atoms with Crippen LogP contribution in [0.2, 0.25) is 0 Å². The zero-order valence-corrected chi connectivity index (χ0v) is 10.5. The fourth-order valence-corrected chi connectivity index (χ4v) is 1.56. The van der Waals surface area contributed by atoms with Crippen LogP contribution < -0.4 is 10.6 Å². The quantitative estimate of drug-likeness (QED) is 0.549. The summed E-state index contributed by atoms with van der Waals surface area (Å²) >= 11 is 0. The minimum Gasteiger partial charge on any atom is -0.480 e. The molecule has 0 radical (unpaired) electrons. The van der Waals surface area contributed by atoms with Crippen molar-refractivity contribution in [3.05, 3.63) is 0 Å². The van der Waals surface area contributed by atoms with Crippen LogP contribution in [0.3, 0.4) is 0 Å². The van der Waals surface area contributed by atoms with Gasteiger partial charge in [-0.25, -0.2) is 9.59 Å². The number of carboxylic acids is 1. The van der Waals surface area contributed by atoms with Crippen molar-refractivity contribution in [2.24, 2.45) is 0 Å². The van der Waals surface area contributed by atoms with Gasteiger partial charge in [0.05, 0.1) is 0 Å². The fraction of sp³-hybridized carbons (Fsp3) is 0.700. The SMILES string of the molecule is CN(C)CCNC(=O)N1CC(=O)NCC1C(=O)O. The summed E-state index contributed by atoms with van der Waals surface area (Å²) in [4.78, 5) is 36.9. The lowest BCUT2D eigenvalue weighted by Gasteiger charge is -2.32. The first-order chi connectivity index (χ1) is 8.41. The van der Waals surface area contributed by atoms with E-state index in [1.165, 1.54) is 0 Å². The van der Waals surface area contributed by atoms with Gasteiger partial charge in [0.25, 0.3) is 0 Å². The number of carbonyl (C=O) groups excluding carboxylic acids is 2. The van der Waals surface area contributed by atoms with Gasteiger partial charge in [-0.2, -0.15) is 0 Å². The molecule has 1 fully saturated rings. The topological polar surface area (TPSA) is 102 Å². The third-order valence-electron chi connectivity index (χ3n) is 2.56. The number of piperazine rings is 1. The van der Waals surface area contributed by atoms with Crippen LogP contribution in [0.15, 0.2) is 0 Å². The van der Waals surface area contributed by atoms with Gasteiger partial charge in [0.15, 0.2) is 0 Å². The van der Waals surface area contributed by atoms with E-state index < -0.39 is 18.0 Å². The second kappa shape index (κ2) is 6.20. The summed E-state index contributed by atoms with van der Waals surface area (Å²) in [7, 11) is 3.72. The Bertz CT molecular complexity index is 345. The molecule has 0 aromatic carbocycles. The molecule has 0 bridgehead atoms. The molecule has 1 atom stereocenters. The number of likely N-dealkylation sites (N-methyl/N-ethyl adjacent to an activating group) is 1. The number of nitrogens with zero attached hydrogens (tertiary/aromatic N) is 2. The van der Waals surface area contributed by atoms with Crippen molar-refractivity contribution in [1.29, 1.82) is 0 Å². The normalized spacial score (nSPS) is 19.6. The van der Waals surface area contributed by atoms with E-state index in [1.807, 2.05) is 19.0 Å². The van der Waals surface area contributed by atoms with Crippen LogP contribution in [0.25, 0.3) is 0 Å². The summed E-state index contributed by atoms with van der Waals surface area (Å²) in [5, 5.41) is 14.0. The highest BCUT2D eigenvalue weighted by Gasteiger charge is 2.34. The number of hydrogen-bond donors (Lipinski definition) is 3. The van der Waals surface area contributed by atoms with Crippen molar-refractivity contribution < 1.29 is 19.5 Å². The van der Waals surface area contributed by atoms with Crippen LogP contribution in [0, 0.1) is 0 Å². The lowest BCUT2D eigenvalue weighted by atomic mass is 10.2. The first kappa shape index (κ1) is 14.2. The number of nitrogens with one attached hydrogen (secondary N) is 2. The molecule has 3 amide bonds. The van der Waals surface area contributed by atoms with Crippen LogP contribution >= 0.6 is 0 Å². The third kappa shape index (κ3) is 3.88. The standard InChI is InChI=1S/C10H18N4O4/c1-13(2)4-3-11-10(18)14-6-8(15)12-5-7(14)9(16)17/h7H,3-6H2,1-2H3,(H,11,18)(H,12,15)(H,16,17). The van der Waals surface area contributed by atoms with E-state index in [2.05, 4.69) is 10.6 Å². The lowest BCUT2D eigenvalue weighted by Crippen LogP contribution is -2.61. The first-order valence-electron chi connectivity index (χ1n) is 5.60. The van der Waals surface area contributed by atoms with Crippen LogP contribution in [-0.4, -0.2) is 79.1 Å². The molecule has 0 aliphatic carbocycles. The molecule has 18 heavy (non-hydrogen) atoms. The van der Waals surface area contributed by atoms with Crippen molar-refractivity contribution in [1.82, 2.24) is 20.4 Å². The Labute approximate surface area is 105 Å². The predicted octanol–water partition coefficient (Wildman–Crippen LogP) is -1.86. The number of urea groups is 1. The zero-order chi connectivity index (χ0) is 13.7. The molecule has 0 aromatic rings. The molecule has 0 saturated carbocycles. The number of hydrogen-bond acceptors (Lipinski definition) is 4. The highest BCUT2D eigenvalue weighted by atomic mass is 16.4. The van der Waals surface area contributed by atoms with Crippen molar-refractivity contribution in [2.45, 2.75) is 6.04 Å². The van der Waals surface area contributed by atoms with Gasteiger partial charge in [-0.15, -0.1) is 0 Å². The summed E-state index contributed by atoms with van der Waals surface area (Å²) in [6.07, 6.45) is 0. The number of carboxylic acid groups (broad SMARTS) is 1. The van der Waals surface area contributed by atoms with Gasteiger partial charge in [-0.3, -0.25) is 9.69 Å². The summed E-state index contributed by atoms with van der Waals surface area (Å²) in [6, 6.07) is -1.54. The van der Waals surface area contributed by atoms with Gasteiger partial charge in [0.2, 0.25) is 5.91 Å². The largest absolute Gasteiger partial charge is 0.480 e. The number of rotatable bonds is 4. The number of aliphatic carboxylic acids is 1. The fourth-order valence-electron chi connectivity index (χ4n) is 1.56. The smallest absolute Gasteiger partial charge is 0.328 e. The molecule has 1 aliphatic heterocycles. The molecule has 0 aromatic heterocycles. The monoisotopic (exact) mass is 258 g/mol. The van der Waals surface area contributed by atoms with E-state index in [0.717, 1.165) is 4.90 Å². The van der Waals surface area contributed by atoms with Crippen LogP contribution in [0.4, 0.5) is 4.79 Å². The molecule has 102 valence electrons. The molecule has 3 N–H and O–H groups in total. The maximum atomic E-state index is 11.8. The maximum Gasteiger partial charge on any atom is 0.328 e. The average Bonchev–Trinajstić information content (AvgIpc) is 2.27. The third-order valence-corrected chi connectivity index (χ3v) is 2.56. The Morgan fingerprint density at radius 1 is 1.56 bits per heavy atom. The van der Waals surface area contributed by atoms with Crippen molar-refractivity contribution in [2.75, 3.05) is 40.3 Å². The highest BCUT2D eigenvalue weighted by molar-refractivity contribution is 5.90. The molecule has 1 saturated heterocycles. The Morgan fingerprint density at radius 3 is 2.78 bits per heavy atom. The van der Waals surface area contributed by atoms with Crippen molar-refractivity contribution >= 4 is 17.9 Å². The Morgan fingerprint density at radius 2 is 2.22 bits per heavy atom. The Kier molecular flexibility index (Phi) is 4.90. The van der Waals surface area contributed by atoms with Crippen molar-refractivity contribution in [3.8, 4) is 0 Å². The van der Waals surface area contributed by atoms with Crippen LogP contribution in [0.1, 0.15) is 0 Å². The molecular weight excluding hydrogens is 240 g/mol. The van der Waals surface area contributed by atoms with Gasteiger partial charge in [0.1, 0.15) is 12.6 Å². The molecule has 1 aliphatic rings. The highest BCUT2D eigenvalue weighted by Crippen LogP contribution is 2.04. The molecule has 1 unspecified atom stereocenters. The van der Waals surface area contributed by atoms with Gasteiger partial charge in [-0.05, 0) is 14.1 Å². The maximum absolute atomic E-state index is 11.8. The number of carbonyl (C=O) groups is 3. The second-order valence-electron chi connectivity index (χ2n) is 4.32. The van der Waals surface area contributed by atoms with E-state index >= 15 is 0 Å². The molecular formula is C10H18N4O4. The van der Waals surface area contributed by atoms with E-state index in [-0.39, 0.29) is 19.0 Å². The lowest BCUT2D eigenvalue weighted by molar-refractivity contribution is -0.144. The summed E-state index contributed by atoms with van der Waals surface area (Å²) in [6.45, 7) is 0.750. The van der Waals surface area contributed by atoms with Gasteiger partial charge in [0, 0.05) is 19.6 Å². The molecule has 1 rings (SSSR count). The predicted molar refractivity (Wildman–Crippen MR) is 63.1 cm³/mol. The van der Waals surface area contributed by atoms with Crippen LogP contribution in [0.5, 0.6) is 0 Å². The van der Waals surface area contributed by atoms with E-state index in [9.17, 15) is 14.4 Å². The Hall–Kier alpha value is -1.83.